The van der Waals surface area contributed by atoms with Crippen LogP contribution in [0.5, 0.6) is 0 Å². The first kappa shape index (κ1) is 16.9. The van der Waals surface area contributed by atoms with Gasteiger partial charge < -0.3 is 14.7 Å². The van der Waals surface area contributed by atoms with Gasteiger partial charge in [0.2, 0.25) is 5.91 Å². The van der Waals surface area contributed by atoms with Gasteiger partial charge in [0.1, 0.15) is 17.2 Å². The summed E-state index contributed by atoms with van der Waals surface area (Å²) in [5.74, 6) is -1.08. The van der Waals surface area contributed by atoms with Gasteiger partial charge in [0.05, 0.1) is 12.1 Å². The lowest BCUT2D eigenvalue weighted by Crippen LogP contribution is -2.48. The zero-order chi connectivity index (χ0) is 16.1. The van der Waals surface area contributed by atoms with Crippen molar-refractivity contribution in [2.24, 2.45) is 0 Å². The third kappa shape index (κ3) is 4.04. The highest BCUT2D eigenvalue weighted by Gasteiger charge is 2.32. The van der Waals surface area contributed by atoms with Gasteiger partial charge in [-0.2, -0.15) is 0 Å². The van der Waals surface area contributed by atoms with Crippen LogP contribution in [0.15, 0.2) is 5.38 Å². The van der Waals surface area contributed by atoms with Crippen molar-refractivity contribution >= 4 is 23.2 Å². The fraction of sp³-hybridized carbons (Fsp3) is 0.667. The van der Waals surface area contributed by atoms with Crippen LogP contribution in [0.4, 0.5) is 0 Å². The van der Waals surface area contributed by atoms with Crippen LogP contribution in [-0.2, 0) is 20.7 Å². The van der Waals surface area contributed by atoms with Gasteiger partial charge in [0.15, 0.2) is 0 Å². The lowest BCUT2D eigenvalue weighted by atomic mass is 10.0. The largest absolute Gasteiger partial charge is 0.480 e. The van der Waals surface area contributed by atoms with Gasteiger partial charge in [-0.15, -0.1) is 11.3 Å². The molecule has 1 saturated heterocycles. The van der Waals surface area contributed by atoms with Crippen molar-refractivity contribution in [3.8, 4) is 0 Å². The number of ether oxygens (including phenoxy) is 1. The second-order valence-electron chi connectivity index (χ2n) is 5.39. The first-order valence-electron chi connectivity index (χ1n) is 7.61. The normalized spacial score (nSPS) is 19.9. The number of carbonyl (C=O) groups is 2. The molecule has 2 heterocycles. The number of hydrogen-bond acceptors (Lipinski definition) is 5. The summed E-state index contributed by atoms with van der Waals surface area (Å²) in [6, 6.07) is -0.693. The summed E-state index contributed by atoms with van der Waals surface area (Å²) < 4.78 is 5.49. The number of aliphatic carboxylic acids is 1. The van der Waals surface area contributed by atoms with E-state index in [-0.39, 0.29) is 18.4 Å². The number of nitrogens with zero attached hydrogens (tertiary/aromatic N) is 2. The summed E-state index contributed by atoms with van der Waals surface area (Å²) in [5, 5.41) is 11.9. The number of aromatic nitrogens is 1. The molecule has 1 amide bonds. The van der Waals surface area contributed by atoms with Crippen molar-refractivity contribution in [2.45, 2.75) is 51.7 Å². The molecule has 1 aliphatic heterocycles. The van der Waals surface area contributed by atoms with E-state index < -0.39 is 12.0 Å². The highest BCUT2D eigenvalue weighted by molar-refractivity contribution is 7.09. The van der Waals surface area contributed by atoms with Crippen molar-refractivity contribution in [3.05, 3.63) is 16.1 Å². The van der Waals surface area contributed by atoms with Crippen LogP contribution in [0.25, 0.3) is 0 Å². The minimum atomic E-state index is -0.919. The van der Waals surface area contributed by atoms with E-state index in [0.29, 0.717) is 25.3 Å². The van der Waals surface area contributed by atoms with Crippen LogP contribution in [0, 0.1) is 0 Å². The molecule has 1 aromatic heterocycles. The van der Waals surface area contributed by atoms with E-state index in [9.17, 15) is 14.7 Å². The number of carboxylic acid groups (broad SMARTS) is 1. The number of piperidine rings is 1. The van der Waals surface area contributed by atoms with Crippen LogP contribution in [-0.4, -0.2) is 46.1 Å². The molecule has 1 aromatic rings. The maximum atomic E-state index is 12.4. The van der Waals surface area contributed by atoms with Crippen LogP contribution >= 0.6 is 11.3 Å². The molecule has 2 atom stereocenters. The van der Waals surface area contributed by atoms with Crippen molar-refractivity contribution in [1.29, 1.82) is 0 Å². The number of carbonyl (C=O) groups excluding carboxylic acids is 1. The summed E-state index contributed by atoms with van der Waals surface area (Å²) in [5.41, 5.74) is 0.686. The van der Waals surface area contributed by atoms with Crippen molar-refractivity contribution in [3.63, 3.8) is 0 Å². The van der Waals surface area contributed by atoms with Gasteiger partial charge in [-0.25, -0.2) is 9.78 Å². The van der Waals surface area contributed by atoms with E-state index in [1.54, 1.807) is 0 Å². The Balaban J connectivity index is 2.00. The Bertz CT molecular complexity index is 531. The Morgan fingerprint density at radius 1 is 1.55 bits per heavy atom. The van der Waals surface area contributed by atoms with Crippen LogP contribution in [0.3, 0.4) is 0 Å². The Morgan fingerprint density at radius 2 is 2.32 bits per heavy atom. The van der Waals surface area contributed by atoms with Gasteiger partial charge in [-0.3, -0.25) is 4.79 Å². The fourth-order valence-electron chi connectivity index (χ4n) is 2.66. The molecule has 1 N–H and O–H groups in total. The number of thiazole rings is 1. The summed E-state index contributed by atoms with van der Waals surface area (Å²) >= 11 is 1.47. The predicted octanol–water partition coefficient (Wildman–Crippen LogP) is 2.25. The number of amides is 1. The quantitative estimate of drug-likeness (QED) is 0.867. The zero-order valence-electron chi connectivity index (χ0n) is 12.9. The number of likely N-dealkylation sites (tertiary alicyclic amines) is 1. The topological polar surface area (TPSA) is 79.7 Å². The second-order valence-corrected chi connectivity index (χ2v) is 6.28. The minimum absolute atomic E-state index is 0.0828. The molecule has 2 unspecified atom stereocenters. The van der Waals surface area contributed by atoms with Crippen LogP contribution in [0.2, 0.25) is 0 Å². The average Bonchev–Trinajstić information content (AvgIpc) is 2.96. The number of carboxylic acids is 1. The molecule has 0 aliphatic carbocycles. The van der Waals surface area contributed by atoms with Gasteiger partial charge >= 0.3 is 5.97 Å². The molecule has 0 bridgehead atoms. The van der Waals surface area contributed by atoms with Crippen LogP contribution < -0.4 is 0 Å². The van der Waals surface area contributed by atoms with E-state index in [0.717, 1.165) is 17.8 Å². The molecule has 7 heteroatoms. The summed E-state index contributed by atoms with van der Waals surface area (Å²) in [4.78, 5) is 29.6. The monoisotopic (exact) mass is 326 g/mol. The van der Waals surface area contributed by atoms with E-state index >= 15 is 0 Å². The molecule has 0 radical (unpaired) electrons. The predicted molar refractivity (Wildman–Crippen MR) is 82.8 cm³/mol. The van der Waals surface area contributed by atoms with Crippen molar-refractivity contribution in [1.82, 2.24) is 9.88 Å². The SMILES string of the molecule is CCOC(C)c1nc(CC(=O)N2CCCCC2C(=O)O)cs1. The first-order chi connectivity index (χ1) is 10.5. The highest BCUT2D eigenvalue weighted by Crippen LogP contribution is 2.23. The molecule has 6 nitrogen and oxygen atoms in total. The van der Waals surface area contributed by atoms with E-state index in [1.165, 1.54) is 16.2 Å². The standard InChI is InChI=1S/C15H22N2O4S/c1-3-21-10(2)14-16-11(9-22-14)8-13(18)17-7-5-4-6-12(17)15(19)20/h9-10,12H,3-8H2,1-2H3,(H,19,20). The molecule has 1 aliphatic rings. The molecular formula is C15H22N2O4S. The zero-order valence-corrected chi connectivity index (χ0v) is 13.8. The smallest absolute Gasteiger partial charge is 0.326 e. The second kappa shape index (κ2) is 7.69. The summed E-state index contributed by atoms with van der Waals surface area (Å²) in [7, 11) is 0. The van der Waals surface area contributed by atoms with Gasteiger partial charge in [0.25, 0.3) is 0 Å². The third-order valence-corrected chi connectivity index (χ3v) is 4.83. The number of rotatable bonds is 6. The van der Waals surface area contributed by atoms with Gasteiger partial charge in [0, 0.05) is 18.5 Å². The van der Waals surface area contributed by atoms with Gasteiger partial charge in [-0.1, -0.05) is 0 Å². The molecule has 122 valence electrons. The molecule has 0 aromatic carbocycles. The Labute approximate surface area is 134 Å². The van der Waals surface area contributed by atoms with Crippen LogP contribution in [0.1, 0.15) is 49.9 Å². The van der Waals surface area contributed by atoms with Gasteiger partial charge in [-0.05, 0) is 33.1 Å². The maximum Gasteiger partial charge on any atom is 0.326 e. The molecule has 0 saturated carbocycles. The molecule has 22 heavy (non-hydrogen) atoms. The Morgan fingerprint density at radius 3 is 3.00 bits per heavy atom. The average molecular weight is 326 g/mol. The Hall–Kier alpha value is -1.47. The lowest BCUT2D eigenvalue weighted by molar-refractivity contribution is -0.151. The maximum absolute atomic E-state index is 12.4. The lowest BCUT2D eigenvalue weighted by Gasteiger charge is -2.32. The summed E-state index contributed by atoms with van der Waals surface area (Å²) in [6.45, 7) is 4.99. The van der Waals surface area contributed by atoms with Crippen molar-refractivity contribution in [2.75, 3.05) is 13.2 Å². The third-order valence-electron chi connectivity index (χ3n) is 3.77. The highest BCUT2D eigenvalue weighted by atomic mass is 32.1. The molecule has 2 rings (SSSR count). The molecule has 0 spiro atoms. The Kier molecular flexibility index (Phi) is 5.90. The van der Waals surface area contributed by atoms with Crippen molar-refractivity contribution < 1.29 is 19.4 Å². The van der Waals surface area contributed by atoms with E-state index in [1.807, 2.05) is 19.2 Å². The molecular weight excluding hydrogens is 304 g/mol. The first-order valence-corrected chi connectivity index (χ1v) is 8.49. The minimum Gasteiger partial charge on any atom is -0.480 e. The van der Waals surface area contributed by atoms with E-state index in [2.05, 4.69) is 4.98 Å². The fourth-order valence-corrected chi connectivity index (χ4v) is 3.48. The summed E-state index contributed by atoms with van der Waals surface area (Å²) in [6.07, 6.45) is 2.32. The molecule has 1 fully saturated rings. The number of hydrogen-bond donors (Lipinski definition) is 1. The van der Waals surface area contributed by atoms with E-state index in [4.69, 9.17) is 4.74 Å².